The summed E-state index contributed by atoms with van der Waals surface area (Å²) in [5.41, 5.74) is 8.50. The van der Waals surface area contributed by atoms with E-state index in [2.05, 4.69) is 77.4 Å². The number of aryl methyl sites for hydroxylation is 1. The third-order valence-corrected chi connectivity index (χ3v) is 6.36. The van der Waals surface area contributed by atoms with Gasteiger partial charge in [-0.1, -0.05) is 66.7 Å². The summed E-state index contributed by atoms with van der Waals surface area (Å²) in [5.74, 6) is 0.222. The zero-order valence-corrected chi connectivity index (χ0v) is 16.3. The number of nitrogens with zero attached hydrogens (tertiary/aromatic N) is 2. The van der Waals surface area contributed by atoms with Crippen LogP contribution in [0.3, 0.4) is 0 Å². The van der Waals surface area contributed by atoms with Crippen molar-refractivity contribution in [2.75, 3.05) is 11.4 Å². The Balaban J connectivity index is 1.69. The summed E-state index contributed by atoms with van der Waals surface area (Å²) in [4.78, 5) is 15.3. The highest BCUT2D eigenvalue weighted by molar-refractivity contribution is 6.08. The van der Waals surface area contributed by atoms with Gasteiger partial charge in [0.1, 0.15) is 0 Å². The fourth-order valence-corrected chi connectivity index (χ4v) is 5.13. The van der Waals surface area contributed by atoms with E-state index >= 15 is 0 Å². The summed E-state index contributed by atoms with van der Waals surface area (Å²) >= 11 is 0. The lowest BCUT2D eigenvalue weighted by Crippen LogP contribution is -2.35. The van der Waals surface area contributed by atoms with Crippen LogP contribution in [0.1, 0.15) is 23.1 Å². The van der Waals surface area contributed by atoms with Crippen LogP contribution in [0.2, 0.25) is 0 Å². The van der Waals surface area contributed by atoms with Crippen LogP contribution in [0, 0.1) is 0 Å². The second kappa shape index (κ2) is 6.35. The van der Waals surface area contributed by atoms with Crippen LogP contribution in [0.15, 0.2) is 72.8 Å². The third-order valence-electron chi connectivity index (χ3n) is 6.36. The Labute approximate surface area is 170 Å². The molecule has 6 rings (SSSR count). The minimum Gasteiger partial charge on any atom is -0.336 e. The van der Waals surface area contributed by atoms with Crippen LogP contribution < -0.4 is 4.90 Å². The van der Waals surface area contributed by atoms with Gasteiger partial charge < -0.3 is 9.47 Å². The Morgan fingerprint density at radius 2 is 1.69 bits per heavy atom. The van der Waals surface area contributed by atoms with Crippen molar-refractivity contribution in [3.05, 3.63) is 89.5 Å². The van der Waals surface area contributed by atoms with E-state index in [1.807, 2.05) is 4.90 Å². The quantitative estimate of drug-likeness (QED) is 0.471. The van der Waals surface area contributed by atoms with Gasteiger partial charge in [-0.25, -0.2) is 0 Å². The zero-order valence-electron chi connectivity index (χ0n) is 16.3. The molecule has 1 aromatic heterocycles. The van der Waals surface area contributed by atoms with E-state index in [-0.39, 0.29) is 5.91 Å². The second-order valence-electron chi connectivity index (χ2n) is 8.06. The molecule has 0 aliphatic carbocycles. The first kappa shape index (κ1) is 16.6. The molecule has 1 amide bonds. The molecule has 29 heavy (non-hydrogen) atoms. The van der Waals surface area contributed by atoms with Crippen LogP contribution in [-0.4, -0.2) is 17.0 Å². The van der Waals surface area contributed by atoms with Gasteiger partial charge in [-0.15, -0.1) is 0 Å². The van der Waals surface area contributed by atoms with Gasteiger partial charge in [0.05, 0.1) is 17.8 Å². The van der Waals surface area contributed by atoms with Crippen LogP contribution in [0.4, 0.5) is 5.69 Å². The molecule has 0 atom stereocenters. The van der Waals surface area contributed by atoms with Crippen LogP contribution >= 0.6 is 0 Å². The Morgan fingerprint density at radius 1 is 0.862 bits per heavy atom. The summed E-state index contributed by atoms with van der Waals surface area (Å²) < 4.78 is 2.42. The van der Waals surface area contributed by atoms with Crippen molar-refractivity contribution in [3.63, 3.8) is 0 Å². The average Bonchev–Trinajstić information content (AvgIpc) is 2.99. The molecule has 2 aliphatic heterocycles. The van der Waals surface area contributed by atoms with E-state index in [4.69, 9.17) is 0 Å². The van der Waals surface area contributed by atoms with E-state index < -0.39 is 0 Å². The Morgan fingerprint density at radius 3 is 2.59 bits per heavy atom. The second-order valence-corrected chi connectivity index (χ2v) is 8.06. The van der Waals surface area contributed by atoms with Crippen molar-refractivity contribution in [1.29, 1.82) is 0 Å². The minimum atomic E-state index is 0.222. The van der Waals surface area contributed by atoms with E-state index in [0.717, 1.165) is 31.6 Å². The van der Waals surface area contributed by atoms with Gasteiger partial charge >= 0.3 is 0 Å². The third kappa shape index (κ3) is 2.47. The van der Waals surface area contributed by atoms with Gasteiger partial charge in [0.15, 0.2) is 0 Å². The van der Waals surface area contributed by atoms with E-state index in [1.54, 1.807) is 0 Å². The summed E-state index contributed by atoms with van der Waals surface area (Å²) in [5, 5.41) is 1.20. The number of aromatic nitrogens is 1. The van der Waals surface area contributed by atoms with E-state index in [1.165, 1.54) is 38.9 Å². The molecule has 0 saturated carbocycles. The molecule has 2 aliphatic rings. The number of benzene rings is 3. The van der Waals surface area contributed by atoms with Crippen molar-refractivity contribution in [1.82, 2.24) is 4.57 Å². The molecule has 3 nitrogen and oxygen atoms in total. The first-order valence-electron chi connectivity index (χ1n) is 10.4. The molecule has 0 unspecified atom stereocenters. The highest BCUT2D eigenvalue weighted by atomic mass is 16.2. The van der Waals surface area contributed by atoms with Gasteiger partial charge in [0.25, 0.3) is 0 Å². The molecule has 3 heteroatoms. The topological polar surface area (TPSA) is 25.2 Å². The fourth-order valence-electron chi connectivity index (χ4n) is 5.13. The molecule has 0 N–H and O–H groups in total. The summed E-state index contributed by atoms with van der Waals surface area (Å²) in [6.07, 6.45) is 2.55. The summed E-state index contributed by atoms with van der Waals surface area (Å²) in [7, 11) is 0. The lowest BCUT2D eigenvalue weighted by atomic mass is 9.96. The first-order chi connectivity index (χ1) is 14.3. The molecular weight excluding hydrogens is 356 g/mol. The molecule has 0 spiro atoms. The number of carbonyl (C=O) groups is 1. The molecule has 0 bridgehead atoms. The predicted octanol–water partition coefficient (Wildman–Crippen LogP) is 5.19. The van der Waals surface area contributed by atoms with Crippen molar-refractivity contribution in [3.8, 4) is 11.3 Å². The van der Waals surface area contributed by atoms with Crippen molar-refractivity contribution in [2.24, 2.45) is 0 Å². The lowest BCUT2D eigenvalue weighted by molar-refractivity contribution is -0.118. The summed E-state index contributed by atoms with van der Waals surface area (Å²) in [6, 6.07) is 25.7. The number of hydrogen-bond donors (Lipinski definition) is 0. The van der Waals surface area contributed by atoms with E-state index in [0.29, 0.717) is 6.42 Å². The van der Waals surface area contributed by atoms with Gasteiger partial charge in [-0.3, -0.25) is 4.79 Å². The number of hydrogen-bond acceptors (Lipinski definition) is 1. The maximum atomic E-state index is 13.3. The number of amides is 1. The Kier molecular flexibility index (Phi) is 3.63. The molecule has 3 heterocycles. The zero-order chi connectivity index (χ0) is 19.4. The molecule has 142 valence electrons. The van der Waals surface area contributed by atoms with Gasteiger partial charge in [0.2, 0.25) is 5.91 Å². The Hall–Kier alpha value is -3.33. The molecular formula is C26H22N2O. The maximum absolute atomic E-state index is 13.3. The number of rotatable bonds is 2. The molecule has 0 saturated heterocycles. The van der Waals surface area contributed by atoms with Crippen molar-refractivity contribution >= 4 is 22.5 Å². The summed E-state index contributed by atoms with van der Waals surface area (Å²) in [6.45, 7) is 1.62. The predicted molar refractivity (Wildman–Crippen MR) is 117 cm³/mol. The number of para-hydroxylation sites is 2. The van der Waals surface area contributed by atoms with Gasteiger partial charge in [-0.05, 0) is 35.6 Å². The molecule has 3 aromatic carbocycles. The maximum Gasteiger partial charge on any atom is 0.231 e. The average molecular weight is 378 g/mol. The molecule has 4 aromatic rings. The minimum absolute atomic E-state index is 0.222. The molecule has 0 radical (unpaired) electrons. The van der Waals surface area contributed by atoms with Crippen molar-refractivity contribution < 1.29 is 4.79 Å². The lowest BCUT2D eigenvalue weighted by Gasteiger charge is -2.30. The first-order valence-corrected chi connectivity index (χ1v) is 10.4. The van der Waals surface area contributed by atoms with Gasteiger partial charge in [0, 0.05) is 29.6 Å². The highest BCUT2D eigenvalue weighted by Crippen LogP contribution is 2.45. The normalized spacial score (nSPS) is 15.2. The fraction of sp³-hybridized carbons (Fsp3) is 0.192. The van der Waals surface area contributed by atoms with Crippen LogP contribution in [0.25, 0.3) is 22.2 Å². The highest BCUT2D eigenvalue weighted by Gasteiger charge is 2.33. The van der Waals surface area contributed by atoms with Crippen LogP contribution in [-0.2, 0) is 24.2 Å². The van der Waals surface area contributed by atoms with Crippen molar-refractivity contribution in [2.45, 2.75) is 25.8 Å². The largest absolute Gasteiger partial charge is 0.336 e. The standard InChI is InChI=1S/C26H22N2O/c29-24-16-22-20-12-4-5-14-23(20)28(17-18-8-2-1-3-9-18)26(22)21-13-6-10-19-11-7-15-27(24)25(19)21/h1-6,8-10,12-14H,7,11,15-17H2. The number of anilines is 1. The SMILES string of the molecule is O=C1Cc2c(n(Cc3ccccc3)c3ccccc23)-c2cccc3c2N1CCC3. The Bertz CT molecular complexity index is 1250. The smallest absolute Gasteiger partial charge is 0.231 e. The molecule has 0 fully saturated rings. The monoisotopic (exact) mass is 378 g/mol. The van der Waals surface area contributed by atoms with E-state index in [9.17, 15) is 4.79 Å². The number of fused-ring (bicyclic) bond motifs is 4. The number of carbonyl (C=O) groups excluding carboxylic acids is 1. The van der Waals surface area contributed by atoms with Crippen LogP contribution in [0.5, 0.6) is 0 Å². The van der Waals surface area contributed by atoms with Gasteiger partial charge in [-0.2, -0.15) is 0 Å².